The third kappa shape index (κ3) is 1.62. The van der Waals surface area contributed by atoms with E-state index < -0.39 is 0 Å². The number of hydrogen-bond acceptors (Lipinski definition) is 0. The second-order valence-electron chi connectivity index (χ2n) is 3.00. The Morgan fingerprint density at radius 2 is 1.73 bits per heavy atom. The van der Waals surface area contributed by atoms with Crippen LogP contribution in [0.4, 0.5) is 0 Å². The Hall–Kier alpha value is -0.350. The summed E-state index contributed by atoms with van der Waals surface area (Å²) in [6, 6.07) is 4.41. The van der Waals surface area contributed by atoms with Gasteiger partial charge in [0.15, 0.2) is 0 Å². The first kappa shape index (κ1) is 8.74. The first-order chi connectivity index (χ1) is 5.16. The van der Waals surface area contributed by atoms with Crippen molar-refractivity contribution in [1.29, 1.82) is 0 Å². The quantitative estimate of drug-likeness (QED) is 0.562. The van der Waals surface area contributed by atoms with Crippen LogP contribution in [0.3, 0.4) is 0 Å². The Morgan fingerprint density at radius 1 is 1.09 bits per heavy atom. The molecule has 0 aromatic heterocycles. The summed E-state index contributed by atoms with van der Waals surface area (Å²) in [5.41, 5.74) is 5.72. The zero-order valence-electron chi connectivity index (χ0n) is 7.44. The molecule has 0 spiro atoms. The second kappa shape index (κ2) is 3.36. The molecule has 0 bridgehead atoms. The fourth-order valence-corrected chi connectivity index (χ4v) is 1.68. The van der Waals surface area contributed by atoms with Gasteiger partial charge < -0.3 is 0 Å². The van der Waals surface area contributed by atoms with Crippen molar-refractivity contribution in [3.63, 3.8) is 0 Å². The molecule has 0 saturated heterocycles. The minimum atomic E-state index is 1.06. The van der Waals surface area contributed by atoms with E-state index in [9.17, 15) is 0 Å². The largest absolute Gasteiger partial charge is 0.133 e. The maximum absolute atomic E-state index is 2.77. The van der Waals surface area contributed by atoms with E-state index in [0.717, 1.165) is 6.16 Å². The van der Waals surface area contributed by atoms with Gasteiger partial charge >= 0.3 is 0 Å². The van der Waals surface area contributed by atoms with Gasteiger partial charge in [0.25, 0.3) is 0 Å². The molecule has 0 aliphatic rings. The molecule has 0 nitrogen and oxygen atoms in total. The van der Waals surface area contributed by atoms with Gasteiger partial charge in [-0.25, -0.2) is 0 Å². The molecule has 1 rings (SSSR count). The summed E-state index contributed by atoms with van der Waals surface area (Å²) in [5.74, 6) is 0. The Labute approximate surface area is 71.2 Å². The minimum absolute atomic E-state index is 1.06. The third-order valence-electron chi connectivity index (χ3n) is 2.39. The van der Waals surface area contributed by atoms with Crippen molar-refractivity contribution < 1.29 is 0 Å². The number of rotatable bonds is 1. The highest BCUT2D eigenvalue weighted by atomic mass is 31.0. The molecule has 11 heavy (non-hydrogen) atoms. The Bertz CT molecular complexity index is 264. The van der Waals surface area contributed by atoms with Gasteiger partial charge in [-0.15, -0.1) is 9.24 Å². The predicted octanol–water partition coefficient (Wildman–Crippen LogP) is 2.99. The summed E-state index contributed by atoms with van der Waals surface area (Å²) in [4.78, 5) is 0. The van der Waals surface area contributed by atoms with Crippen LogP contribution in [0, 0.1) is 20.8 Å². The molecule has 0 aliphatic heterocycles. The molecular formula is C10H15P. The highest BCUT2D eigenvalue weighted by molar-refractivity contribution is 7.15. The molecule has 1 atom stereocenters. The first-order valence-electron chi connectivity index (χ1n) is 3.92. The van der Waals surface area contributed by atoms with Crippen LogP contribution in [0.5, 0.6) is 0 Å². The summed E-state index contributed by atoms with van der Waals surface area (Å²) in [5, 5.41) is 0. The van der Waals surface area contributed by atoms with Gasteiger partial charge in [-0.3, -0.25) is 0 Å². The van der Waals surface area contributed by atoms with Crippen molar-refractivity contribution in [3.8, 4) is 0 Å². The van der Waals surface area contributed by atoms with Crippen LogP contribution in [0.25, 0.3) is 0 Å². The normalized spacial score (nSPS) is 10.2. The van der Waals surface area contributed by atoms with Gasteiger partial charge in [0, 0.05) is 0 Å². The maximum Gasteiger partial charge on any atom is -0.0126 e. The standard InChI is InChI=1S/C10H15P/c1-7-4-5-10(6-11)9(3)8(7)2/h4-5H,6,11H2,1-3H3. The molecule has 0 heterocycles. The molecular weight excluding hydrogens is 151 g/mol. The Balaban J connectivity index is 3.25. The lowest BCUT2D eigenvalue weighted by Crippen LogP contribution is -1.91. The number of hydrogen-bond donors (Lipinski definition) is 0. The van der Waals surface area contributed by atoms with E-state index in [0.29, 0.717) is 0 Å². The third-order valence-corrected chi connectivity index (χ3v) is 2.83. The fourth-order valence-electron chi connectivity index (χ4n) is 1.23. The number of benzene rings is 1. The Kier molecular flexibility index (Phi) is 2.67. The van der Waals surface area contributed by atoms with Crippen LogP contribution < -0.4 is 0 Å². The molecule has 1 heteroatoms. The van der Waals surface area contributed by atoms with E-state index in [-0.39, 0.29) is 0 Å². The molecule has 0 N–H and O–H groups in total. The van der Waals surface area contributed by atoms with Crippen molar-refractivity contribution in [2.45, 2.75) is 26.9 Å². The van der Waals surface area contributed by atoms with Gasteiger partial charge in [0.05, 0.1) is 0 Å². The lowest BCUT2D eigenvalue weighted by Gasteiger charge is -2.08. The lowest BCUT2D eigenvalue weighted by atomic mass is 10.00. The van der Waals surface area contributed by atoms with Crippen molar-refractivity contribution in [2.75, 3.05) is 0 Å². The summed E-state index contributed by atoms with van der Waals surface area (Å²) in [7, 11) is 2.77. The molecule has 1 unspecified atom stereocenters. The van der Waals surface area contributed by atoms with E-state index in [1.165, 1.54) is 22.3 Å². The SMILES string of the molecule is Cc1ccc(CP)c(C)c1C. The maximum atomic E-state index is 2.77. The molecule has 0 radical (unpaired) electrons. The zero-order chi connectivity index (χ0) is 8.43. The van der Waals surface area contributed by atoms with Crippen LogP contribution in [-0.4, -0.2) is 0 Å². The van der Waals surface area contributed by atoms with Crippen molar-refractivity contribution in [3.05, 3.63) is 34.4 Å². The van der Waals surface area contributed by atoms with E-state index in [1.54, 1.807) is 0 Å². The summed E-state index contributed by atoms with van der Waals surface area (Å²) in [6.45, 7) is 6.55. The summed E-state index contributed by atoms with van der Waals surface area (Å²) in [6.07, 6.45) is 1.06. The van der Waals surface area contributed by atoms with Crippen molar-refractivity contribution in [2.24, 2.45) is 0 Å². The lowest BCUT2D eigenvalue weighted by molar-refractivity contribution is 1.20. The van der Waals surface area contributed by atoms with E-state index in [1.807, 2.05) is 0 Å². The van der Waals surface area contributed by atoms with Crippen LogP contribution in [-0.2, 0) is 6.16 Å². The zero-order valence-corrected chi connectivity index (χ0v) is 8.59. The predicted molar refractivity (Wildman–Crippen MR) is 54.1 cm³/mol. The highest BCUT2D eigenvalue weighted by Gasteiger charge is 2.00. The van der Waals surface area contributed by atoms with Gasteiger partial charge in [0.1, 0.15) is 0 Å². The number of aryl methyl sites for hydroxylation is 1. The van der Waals surface area contributed by atoms with E-state index >= 15 is 0 Å². The highest BCUT2D eigenvalue weighted by Crippen LogP contribution is 2.18. The summed E-state index contributed by atoms with van der Waals surface area (Å²) < 4.78 is 0. The molecule has 60 valence electrons. The van der Waals surface area contributed by atoms with Crippen molar-refractivity contribution >= 4 is 9.24 Å². The average molecular weight is 166 g/mol. The van der Waals surface area contributed by atoms with Crippen LogP contribution >= 0.6 is 9.24 Å². The van der Waals surface area contributed by atoms with E-state index in [4.69, 9.17) is 0 Å². The van der Waals surface area contributed by atoms with Crippen molar-refractivity contribution in [1.82, 2.24) is 0 Å². The molecule has 0 fully saturated rings. The summed E-state index contributed by atoms with van der Waals surface area (Å²) >= 11 is 0. The van der Waals surface area contributed by atoms with Crippen LogP contribution in [0.15, 0.2) is 12.1 Å². The molecule has 0 saturated carbocycles. The van der Waals surface area contributed by atoms with Gasteiger partial charge in [-0.2, -0.15) is 0 Å². The van der Waals surface area contributed by atoms with Crippen LogP contribution in [0.2, 0.25) is 0 Å². The van der Waals surface area contributed by atoms with E-state index in [2.05, 4.69) is 42.1 Å². The second-order valence-corrected chi connectivity index (χ2v) is 3.40. The van der Waals surface area contributed by atoms with Gasteiger partial charge in [-0.05, 0) is 49.2 Å². The molecule has 0 aliphatic carbocycles. The molecule has 1 aromatic rings. The molecule has 0 amide bonds. The first-order valence-corrected chi connectivity index (χ1v) is 4.74. The van der Waals surface area contributed by atoms with Crippen LogP contribution in [0.1, 0.15) is 22.3 Å². The topological polar surface area (TPSA) is 0 Å². The molecule has 1 aromatic carbocycles. The average Bonchev–Trinajstić information content (AvgIpc) is 2.01. The monoisotopic (exact) mass is 166 g/mol. The fraction of sp³-hybridized carbons (Fsp3) is 0.400. The van der Waals surface area contributed by atoms with Gasteiger partial charge in [-0.1, -0.05) is 12.1 Å². The minimum Gasteiger partial charge on any atom is -0.133 e. The smallest absolute Gasteiger partial charge is 0.0126 e. The van der Waals surface area contributed by atoms with Gasteiger partial charge in [0.2, 0.25) is 0 Å². The Morgan fingerprint density at radius 3 is 2.27 bits per heavy atom.